The minimum absolute atomic E-state index is 0.128. The molecule has 1 aliphatic rings. The number of rotatable bonds is 4. The molecule has 0 saturated carbocycles. The fourth-order valence-electron chi connectivity index (χ4n) is 3.00. The molecule has 0 aliphatic carbocycles. The highest BCUT2D eigenvalue weighted by molar-refractivity contribution is 7.84. The molecule has 0 bridgehead atoms. The van der Waals surface area contributed by atoms with Gasteiger partial charge < -0.3 is 9.88 Å². The molecule has 4 heterocycles. The van der Waals surface area contributed by atoms with E-state index >= 15 is 0 Å². The van der Waals surface area contributed by atoms with Gasteiger partial charge in [-0.2, -0.15) is 13.2 Å². The van der Waals surface area contributed by atoms with E-state index in [4.69, 9.17) is 0 Å². The number of hydrogen-bond donors (Lipinski definition) is 1. The van der Waals surface area contributed by atoms with Crippen molar-refractivity contribution < 1.29 is 17.4 Å². The quantitative estimate of drug-likeness (QED) is 0.726. The summed E-state index contributed by atoms with van der Waals surface area (Å²) >= 11 is 1.44. The van der Waals surface area contributed by atoms with Crippen molar-refractivity contribution in [1.29, 1.82) is 0 Å². The van der Waals surface area contributed by atoms with Crippen molar-refractivity contribution in [2.45, 2.75) is 29.9 Å². The van der Waals surface area contributed by atoms with Gasteiger partial charge in [-0.05, 0) is 12.8 Å². The van der Waals surface area contributed by atoms with Gasteiger partial charge in [-0.25, -0.2) is 15.0 Å². The zero-order valence-corrected chi connectivity index (χ0v) is 15.0. The summed E-state index contributed by atoms with van der Waals surface area (Å²) in [5.41, 5.74) is 0.194. The first-order chi connectivity index (χ1) is 12.4. The summed E-state index contributed by atoms with van der Waals surface area (Å²) in [6.07, 6.45) is -1.87. The van der Waals surface area contributed by atoms with Crippen LogP contribution in [-0.4, -0.2) is 37.2 Å². The first kappa shape index (κ1) is 17.4. The van der Waals surface area contributed by atoms with Crippen LogP contribution in [0.3, 0.4) is 0 Å². The van der Waals surface area contributed by atoms with Crippen LogP contribution in [0.15, 0.2) is 22.2 Å². The molecule has 1 aliphatic heterocycles. The second kappa shape index (κ2) is 6.62. The Labute approximate surface area is 152 Å². The zero-order chi connectivity index (χ0) is 18.3. The van der Waals surface area contributed by atoms with Gasteiger partial charge in [-0.3, -0.25) is 4.21 Å². The van der Waals surface area contributed by atoms with Crippen molar-refractivity contribution in [3.8, 4) is 0 Å². The number of fused-ring (bicyclic) bond motifs is 1. The summed E-state index contributed by atoms with van der Waals surface area (Å²) in [5.74, 6) is -0.505. The van der Waals surface area contributed by atoms with Gasteiger partial charge in [0.1, 0.15) is 23.2 Å². The van der Waals surface area contributed by atoms with E-state index < -0.39 is 22.5 Å². The molecular formula is C15H14F3N5OS2. The van der Waals surface area contributed by atoms with Gasteiger partial charge in [-0.1, -0.05) is 0 Å². The standard InChI is InChI=1S/C15H14F3N5OS2/c16-15(17,18)12-11(19-8-20-13(12)23-3-1-2-4-23)7-26(24)14-21-9-5-25-6-10(9)22-14/h5-6,8H,1-4,7H2,(H,21,22). The number of anilines is 1. The van der Waals surface area contributed by atoms with Gasteiger partial charge in [0.2, 0.25) is 0 Å². The number of nitrogens with one attached hydrogen (secondary N) is 1. The smallest absolute Gasteiger partial charge is 0.356 e. The minimum Gasteiger partial charge on any atom is -0.356 e. The molecule has 1 fully saturated rings. The molecule has 1 unspecified atom stereocenters. The van der Waals surface area contributed by atoms with Crippen molar-refractivity contribution in [2.75, 3.05) is 18.0 Å². The van der Waals surface area contributed by atoms with Crippen LogP contribution in [0.2, 0.25) is 0 Å². The predicted octanol–water partition coefficient (Wildman–Crippen LogP) is 3.34. The van der Waals surface area contributed by atoms with Crippen LogP contribution in [0, 0.1) is 0 Å². The van der Waals surface area contributed by atoms with Crippen molar-refractivity contribution in [2.24, 2.45) is 0 Å². The number of H-pyrrole nitrogens is 1. The topological polar surface area (TPSA) is 74.8 Å². The number of thiophene rings is 1. The average Bonchev–Trinajstić information content (AvgIpc) is 3.30. The molecule has 11 heteroatoms. The minimum atomic E-state index is -4.62. The number of nitrogens with zero attached hydrogens (tertiary/aromatic N) is 4. The van der Waals surface area contributed by atoms with Crippen LogP contribution in [0.4, 0.5) is 19.0 Å². The first-order valence-corrected chi connectivity index (χ1v) is 10.2. The van der Waals surface area contributed by atoms with Crippen LogP contribution in [0.1, 0.15) is 24.1 Å². The lowest BCUT2D eigenvalue weighted by molar-refractivity contribution is -0.138. The van der Waals surface area contributed by atoms with Crippen LogP contribution < -0.4 is 4.90 Å². The summed E-state index contributed by atoms with van der Waals surface area (Å²) in [7, 11) is -1.77. The third-order valence-corrected chi connectivity index (χ3v) is 6.07. The summed E-state index contributed by atoms with van der Waals surface area (Å²) in [4.78, 5) is 16.3. The largest absolute Gasteiger partial charge is 0.421 e. The van der Waals surface area contributed by atoms with E-state index in [0.717, 1.165) is 24.7 Å². The molecule has 1 atom stereocenters. The number of aromatic amines is 1. The summed E-state index contributed by atoms with van der Waals surface area (Å²) in [6.45, 7) is 1.05. The average molecular weight is 401 g/mol. The number of hydrogen-bond acceptors (Lipinski definition) is 6. The summed E-state index contributed by atoms with van der Waals surface area (Å²) in [5, 5.41) is 3.74. The fraction of sp³-hybridized carbons (Fsp3) is 0.400. The van der Waals surface area contributed by atoms with Gasteiger partial charge in [0.05, 0.1) is 27.8 Å². The van der Waals surface area contributed by atoms with E-state index in [9.17, 15) is 17.4 Å². The second-order valence-electron chi connectivity index (χ2n) is 5.91. The Bertz CT molecular complexity index is 933. The van der Waals surface area contributed by atoms with Crippen molar-refractivity contribution in [1.82, 2.24) is 19.9 Å². The summed E-state index contributed by atoms with van der Waals surface area (Å²) in [6, 6.07) is 0. The molecule has 0 amide bonds. The molecule has 4 rings (SSSR count). The monoisotopic (exact) mass is 401 g/mol. The Kier molecular flexibility index (Phi) is 4.43. The third-order valence-electron chi connectivity index (χ3n) is 4.18. The molecular weight excluding hydrogens is 387 g/mol. The molecule has 3 aromatic heterocycles. The van der Waals surface area contributed by atoms with Gasteiger partial charge in [0.25, 0.3) is 0 Å². The molecule has 6 nitrogen and oxygen atoms in total. The Hall–Kier alpha value is -2.01. The lowest BCUT2D eigenvalue weighted by atomic mass is 10.2. The maximum atomic E-state index is 13.7. The molecule has 3 aromatic rings. The highest BCUT2D eigenvalue weighted by atomic mass is 32.2. The maximum Gasteiger partial charge on any atom is 0.421 e. The molecule has 138 valence electrons. The molecule has 0 spiro atoms. The van der Waals surface area contributed by atoms with Gasteiger partial charge >= 0.3 is 6.18 Å². The lowest BCUT2D eigenvalue weighted by Crippen LogP contribution is -2.25. The lowest BCUT2D eigenvalue weighted by Gasteiger charge is -2.22. The Balaban J connectivity index is 1.69. The van der Waals surface area contributed by atoms with E-state index in [1.807, 2.05) is 0 Å². The Morgan fingerprint density at radius 1 is 1.23 bits per heavy atom. The highest BCUT2D eigenvalue weighted by Crippen LogP contribution is 2.38. The van der Waals surface area contributed by atoms with Crippen LogP contribution >= 0.6 is 11.3 Å². The normalized spacial score (nSPS) is 16.5. The Morgan fingerprint density at radius 3 is 2.69 bits per heavy atom. The van der Waals surface area contributed by atoms with Crippen molar-refractivity contribution in [3.63, 3.8) is 0 Å². The van der Waals surface area contributed by atoms with Gasteiger partial charge in [0, 0.05) is 23.8 Å². The van der Waals surface area contributed by atoms with E-state index in [1.165, 1.54) is 11.3 Å². The van der Waals surface area contributed by atoms with E-state index in [-0.39, 0.29) is 22.4 Å². The zero-order valence-electron chi connectivity index (χ0n) is 13.4. The fourth-order valence-corrected chi connectivity index (χ4v) is 4.72. The second-order valence-corrected chi connectivity index (χ2v) is 8.02. The van der Waals surface area contributed by atoms with Crippen LogP contribution in [0.5, 0.6) is 0 Å². The Morgan fingerprint density at radius 2 is 2.00 bits per heavy atom. The van der Waals surface area contributed by atoms with E-state index in [2.05, 4.69) is 19.9 Å². The van der Waals surface area contributed by atoms with Gasteiger partial charge in [-0.15, -0.1) is 11.3 Å². The SMILES string of the molecule is O=S(Cc1ncnc(N2CCCC2)c1C(F)(F)F)c1nc2cscc2[nH]1. The van der Waals surface area contributed by atoms with Crippen molar-refractivity contribution in [3.05, 3.63) is 28.3 Å². The number of alkyl halides is 3. The van der Waals surface area contributed by atoms with Crippen LogP contribution in [0.25, 0.3) is 11.0 Å². The van der Waals surface area contributed by atoms with Gasteiger partial charge in [0.15, 0.2) is 5.16 Å². The van der Waals surface area contributed by atoms with E-state index in [1.54, 1.807) is 15.7 Å². The summed E-state index contributed by atoms with van der Waals surface area (Å²) < 4.78 is 53.7. The van der Waals surface area contributed by atoms with Crippen molar-refractivity contribution >= 4 is 39.0 Å². The van der Waals surface area contributed by atoms with E-state index in [0.29, 0.717) is 18.6 Å². The molecule has 0 aromatic carbocycles. The number of halogens is 3. The molecule has 26 heavy (non-hydrogen) atoms. The molecule has 0 radical (unpaired) electrons. The number of aromatic nitrogens is 4. The maximum absolute atomic E-state index is 13.7. The molecule has 1 N–H and O–H groups in total. The highest BCUT2D eigenvalue weighted by Gasteiger charge is 2.40. The van der Waals surface area contributed by atoms with Crippen LogP contribution in [-0.2, 0) is 22.7 Å². The predicted molar refractivity (Wildman–Crippen MR) is 92.6 cm³/mol. The number of imidazole rings is 1. The third kappa shape index (κ3) is 3.20. The molecule has 1 saturated heterocycles. The first-order valence-electron chi connectivity index (χ1n) is 7.90.